The zero-order valence-electron chi connectivity index (χ0n) is 14.7. The monoisotopic (exact) mass is 336 g/mol. The molecule has 0 aromatic carbocycles. The molecule has 0 bridgehead atoms. The van der Waals surface area contributed by atoms with Gasteiger partial charge in [-0.05, 0) is 64.7 Å². The van der Waals surface area contributed by atoms with Crippen LogP contribution in [0.25, 0.3) is 0 Å². The number of fused-ring (bicyclic) bond motifs is 1. The van der Waals surface area contributed by atoms with Gasteiger partial charge in [-0.25, -0.2) is 4.79 Å². The topological polar surface area (TPSA) is 65.1 Å². The van der Waals surface area contributed by atoms with Gasteiger partial charge in [0.25, 0.3) is 0 Å². The molecule has 2 aliphatic carbocycles. The first-order chi connectivity index (χ1) is 11.4. The number of carbonyl (C=O) groups excluding carboxylic acids is 2. The molecule has 24 heavy (non-hydrogen) atoms. The Morgan fingerprint density at radius 2 is 2.04 bits per heavy atom. The highest BCUT2D eigenvalue weighted by molar-refractivity contribution is 5.87. The van der Waals surface area contributed by atoms with E-state index in [1.807, 2.05) is 0 Å². The van der Waals surface area contributed by atoms with E-state index in [1.165, 1.54) is 0 Å². The molecule has 0 aromatic rings. The van der Waals surface area contributed by atoms with Crippen molar-refractivity contribution < 1.29 is 23.8 Å². The van der Waals surface area contributed by atoms with Gasteiger partial charge in [0.15, 0.2) is 0 Å². The van der Waals surface area contributed by atoms with Crippen molar-refractivity contribution in [1.29, 1.82) is 0 Å². The lowest BCUT2D eigenvalue weighted by molar-refractivity contribution is -0.154. The van der Waals surface area contributed by atoms with Crippen molar-refractivity contribution in [2.45, 2.75) is 76.6 Å². The third-order valence-corrected chi connectivity index (χ3v) is 5.62. The molecule has 134 valence electrons. The summed E-state index contributed by atoms with van der Waals surface area (Å²) in [5.74, 6) is -0.178. The Kier molecular flexibility index (Phi) is 5.00. The molecule has 1 aliphatic heterocycles. The van der Waals surface area contributed by atoms with Crippen LogP contribution >= 0.6 is 0 Å². The third kappa shape index (κ3) is 4.00. The predicted octanol–water partition coefficient (Wildman–Crippen LogP) is 3.17. The van der Waals surface area contributed by atoms with E-state index in [9.17, 15) is 9.59 Å². The highest BCUT2D eigenvalue weighted by Crippen LogP contribution is 2.49. The maximum atomic E-state index is 12.3. The van der Waals surface area contributed by atoms with Crippen LogP contribution in [0.15, 0.2) is 12.2 Å². The van der Waals surface area contributed by atoms with Gasteiger partial charge in [0.1, 0.15) is 6.10 Å². The first-order valence-electron chi connectivity index (χ1n) is 9.08. The Bertz CT molecular complexity index is 528. The van der Waals surface area contributed by atoms with Crippen LogP contribution in [-0.2, 0) is 23.8 Å². The van der Waals surface area contributed by atoms with Crippen molar-refractivity contribution in [1.82, 2.24) is 0 Å². The molecule has 5 nitrogen and oxygen atoms in total. The van der Waals surface area contributed by atoms with Gasteiger partial charge in [0.05, 0.1) is 24.2 Å². The lowest BCUT2D eigenvalue weighted by Crippen LogP contribution is -2.32. The minimum Gasteiger partial charge on any atom is -0.465 e. The van der Waals surface area contributed by atoms with Gasteiger partial charge in [-0.3, -0.25) is 4.79 Å². The zero-order chi connectivity index (χ0) is 17.3. The van der Waals surface area contributed by atoms with Gasteiger partial charge in [-0.15, -0.1) is 0 Å². The minimum absolute atomic E-state index is 0.0330. The molecule has 2 saturated carbocycles. The number of rotatable bonds is 5. The Morgan fingerprint density at radius 1 is 1.25 bits per heavy atom. The molecular formula is C19H28O5. The van der Waals surface area contributed by atoms with Gasteiger partial charge in [-0.2, -0.15) is 0 Å². The van der Waals surface area contributed by atoms with Crippen LogP contribution in [-0.4, -0.2) is 36.4 Å². The number of carbonyl (C=O) groups is 2. The van der Waals surface area contributed by atoms with Crippen LogP contribution in [0.4, 0.5) is 0 Å². The smallest absolute Gasteiger partial charge is 0.333 e. The maximum Gasteiger partial charge on any atom is 0.333 e. The predicted molar refractivity (Wildman–Crippen MR) is 88.2 cm³/mol. The number of esters is 2. The molecule has 5 unspecified atom stereocenters. The highest BCUT2D eigenvalue weighted by atomic mass is 16.6. The summed E-state index contributed by atoms with van der Waals surface area (Å²) in [7, 11) is 0. The average Bonchev–Trinajstić information content (AvgIpc) is 3.23. The summed E-state index contributed by atoms with van der Waals surface area (Å²) < 4.78 is 16.7. The van der Waals surface area contributed by atoms with Crippen molar-refractivity contribution in [3.63, 3.8) is 0 Å². The second-order valence-electron chi connectivity index (χ2n) is 7.87. The first-order valence-corrected chi connectivity index (χ1v) is 9.08. The van der Waals surface area contributed by atoms with E-state index in [0.29, 0.717) is 18.3 Å². The molecule has 0 aromatic heterocycles. The van der Waals surface area contributed by atoms with E-state index >= 15 is 0 Å². The van der Waals surface area contributed by atoms with Crippen molar-refractivity contribution in [3.05, 3.63) is 12.2 Å². The first kappa shape index (κ1) is 17.5. The summed E-state index contributed by atoms with van der Waals surface area (Å²) in [6, 6.07) is 0. The van der Waals surface area contributed by atoms with Crippen LogP contribution in [0.1, 0.15) is 58.8 Å². The Labute approximate surface area is 143 Å². The molecule has 3 rings (SSSR count). The van der Waals surface area contributed by atoms with Crippen molar-refractivity contribution in [2.24, 2.45) is 11.8 Å². The van der Waals surface area contributed by atoms with Crippen molar-refractivity contribution in [3.8, 4) is 0 Å². The Hall–Kier alpha value is -1.36. The SMILES string of the molecule is C=C(C)C(=O)OC1CCCC(COC(=O)C2CCC3OC3(C)C2)C1. The standard InChI is InChI=1S/C19H28O5/c1-12(2)17(20)23-15-6-4-5-13(9-15)11-22-18(21)14-7-8-16-19(3,10-14)24-16/h13-16H,1,4-11H2,2-3H3. The quantitative estimate of drug-likeness (QED) is 0.438. The number of hydrogen-bond acceptors (Lipinski definition) is 5. The summed E-state index contributed by atoms with van der Waals surface area (Å²) in [6.45, 7) is 7.78. The largest absolute Gasteiger partial charge is 0.465 e. The fourth-order valence-electron chi connectivity index (χ4n) is 4.05. The fraction of sp³-hybridized carbons (Fsp3) is 0.789. The number of hydrogen-bond donors (Lipinski definition) is 0. The van der Waals surface area contributed by atoms with E-state index in [1.54, 1.807) is 6.92 Å². The molecule has 3 fully saturated rings. The zero-order valence-corrected chi connectivity index (χ0v) is 14.7. The van der Waals surface area contributed by atoms with Crippen LogP contribution < -0.4 is 0 Å². The summed E-state index contributed by atoms with van der Waals surface area (Å²) in [5.41, 5.74) is 0.337. The van der Waals surface area contributed by atoms with E-state index < -0.39 is 0 Å². The van der Waals surface area contributed by atoms with Crippen molar-refractivity contribution in [2.75, 3.05) is 6.61 Å². The van der Waals surface area contributed by atoms with Crippen LogP contribution in [0, 0.1) is 11.8 Å². The molecule has 1 saturated heterocycles. The summed E-state index contributed by atoms with van der Waals surface area (Å²) in [6.07, 6.45) is 6.52. The lowest BCUT2D eigenvalue weighted by atomic mass is 9.82. The molecule has 0 radical (unpaired) electrons. The van der Waals surface area contributed by atoms with E-state index in [0.717, 1.165) is 44.9 Å². The molecule has 3 aliphatic rings. The normalized spacial score (nSPS) is 37.9. The number of ether oxygens (including phenoxy) is 3. The van der Waals surface area contributed by atoms with Gasteiger partial charge in [0.2, 0.25) is 0 Å². The Morgan fingerprint density at radius 3 is 2.75 bits per heavy atom. The lowest BCUT2D eigenvalue weighted by Gasteiger charge is -2.29. The molecule has 0 amide bonds. The summed E-state index contributed by atoms with van der Waals surface area (Å²) in [4.78, 5) is 24.0. The van der Waals surface area contributed by atoms with Gasteiger partial charge in [-0.1, -0.05) is 6.58 Å². The second-order valence-corrected chi connectivity index (χ2v) is 7.87. The van der Waals surface area contributed by atoms with Gasteiger partial charge < -0.3 is 14.2 Å². The van der Waals surface area contributed by atoms with E-state index in [-0.39, 0.29) is 35.5 Å². The molecule has 5 heteroatoms. The molecule has 0 N–H and O–H groups in total. The van der Waals surface area contributed by atoms with Gasteiger partial charge >= 0.3 is 11.9 Å². The highest BCUT2D eigenvalue weighted by Gasteiger charge is 2.56. The third-order valence-electron chi connectivity index (χ3n) is 5.62. The maximum absolute atomic E-state index is 12.3. The number of epoxide rings is 1. The van der Waals surface area contributed by atoms with E-state index in [4.69, 9.17) is 14.2 Å². The molecule has 5 atom stereocenters. The van der Waals surface area contributed by atoms with Crippen LogP contribution in [0.3, 0.4) is 0 Å². The molecule has 1 heterocycles. The van der Waals surface area contributed by atoms with Crippen molar-refractivity contribution >= 4 is 11.9 Å². The summed E-state index contributed by atoms with van der Waals surface area (Å²) in [5, 5.41) is 0. The molecule has 0 spiro atoms. The van der Waals surface area contributed by atoms with Crippen LogP contribution in [0.2, 0.25) is 0 Å². The fourth-order valence-corrected chi connectivity index (χ4v) is 4.05. The minimum atomic E-state index is -0.327. The second kappa shape index (κ2) is 6.87. The van der Waals surface area contributed by atoms with E-state index in [2.05, 4.69) is 13.5 Å². The Balaban J connectivity index is 1.41. The average molecular weight is 336 g/mol. The van der Waals surface area contributed by atoms with Gasteiger partial charge in [0, 0.05) is 5.57 Å². The molecular weight excluding hydrogens is 308 g/mol. The van der Waals surface area contributed by atoms with Crippen LogP contribution in [0.5, 0.6) is 0 Å². The summed E-state index contributed by atoms with van der Waals surface area (Å²) >= 11 is 0.